The third-order valence-corrected chi connectivity index (χ3v) is 3.38. The van der Waals surface area contributed by atoms with Crippen molar-refractivity contribution in [1.29, 1.82) is 0 Å². The van der Waals surface area contributed by atoms with Crippen LogP contribution >= 0.6 is 0 Å². The van der Waals surface area contributed by atoms with Crippen LogP contribution in [0.25, 0.3) is 0 Å². The largest absolute Gasteiger partial charge is 0.409 e. The van der Waals surface area contributed by atoms with Crippen LogP contribution in [0, 0.1) is 6.92 Å². The Hall–Kier alpha value is -2.40. The van der Waals surface area contributed by atoms with Gasteiger partial charge in [0.15, 0.2) is 5.84 Å². The first kappa shape index (κ1) is 15.0. The maximum Gasteiger partial charge on any atom is 0.188 e. The van der Waals surface area contributed by atoms with Gasteiger partial charge in [-0.15, -0.1) is 0 Å². The molecule has 2 aromatic rings. The third-order valence-electron chi connectivity index (χ3n) is 3.38. The molecule has 110 valence electrons. The fourth-order valence-electron chi connectivity index (χ4n) is 2.02. The third kappa shape index (κ3) is 4.03. The number of aromatic nitrogens is 1. The normalized spacial score (nSPS) is 13.1. The van der Waals surface area contributed by atoms with Crippen LogP contribution in [0.4, 0.5) is 0 Å². The highest BCUT2D eigenvalue weighted by Crippen LogP contribution is 2.14. The predicted molar refractivity (Wildman–Crippen MR) is 83.2 cm³/mol. The molecule has 1 aromatic heterocycles. The van der Waals surface area contributed by atoms with Gasteiger partial charge in [-0.2, -0.15) is 0 Å². The molecule has 0 amide bonds. The summed E-state index contributed by atoms with van der Waals surface area (Å²) in [5.74, 6) is 0.0171. The summed E-state index contributed by atoms with van der Waals surface area (Å²) in [5, 5.41) is 15.1. The Balaban J connectivity index is 2.01. The van der Waals surface area contributed by atoms with Crippen molar-refractivity contribution in [2.24, 2.45) is 10.9 Å². The number of aryl methyl sites for hydroxylation is 1. The average molecular weight is 284 g/mol. The van der Waals surface area contributed by atoms with Crippen LogP contribution in [0.1, 0.15) is 35.3 Å². The Morgan fingerprint density at radius 1 is 1.33 bits per heavy atom. The molecule has 1 aromatic carbocycles. The molecule has 2 rings (SSSR count). The van der Waals surface area contributed by atoms with Gasteiger partial charge in [0.25, 0.3) is 0 Å². The van der Waals surface area contributed by atoms with Crippen LogP contribution in [0.15, 0.2) is 47.8 Å². The van der Waals surface area contributed by atoms with Gasteiger partial charge >= 0.3 is 0 Å². The zero-order valence-electron chi connectivity index (χ0n) is 12.2. The monoisotopic (exact) mass is 284 g/mol. The van der Waals surface area contributed by atoms with Crippen molar-refractivity contribution in [2.45, 2.75) is 26.4 Å². The maximum atomic E-state index is 8.68. The Bertz CT molecular complexity index is 622. The van der Waals surface area contributed by atoms with E-state index in [0.717, 1.165) is 5.56 Å². The zero-order valence-corrected chi connectivity index (χ0v) is 12.2. The zero-order chi connectivity index (χ0) is 15.2. The molecular formula is C16H20N4O. The van der Waals surface area contributed by atoms with Gasteiger partial charge in [0.2, 0.25) is 0 Å². The first-order valence-electron chi connectivity index (χ1n) is 6.83. The molecule has 0 aliphatic rings. The van der Waals surface area contributed by atoms with Gasteiger partial charge in [-0.3, -0.25) is 4.98 Å². The van der Waals surface area contributed by atoms with E-state index in [9.17, 15) is 0 Å². The minimum absolute atomic E-state index is 0.0171. The van der Waals surface area contributed by atoms with Gasteiger partial charge in [-0.25, -0.2) is 0 Å². The van der Waals surface area contributed by atoms with E-state index in [4.69, 9.17) is 10.9 Å². The SMILES string of the molecule is Cc1ccc(C(C)NCc2ccnc(C(N)=NO)c2)cc1. The fourth-order valence-corrected chi connectivity index (χ4v) is 2.02. The van der Waals surface area contributed by atoms with Crippen molar-refractivity contribution in [3.05, 3.63) is 65.0 Å². The van der Waals surface area contributed by atoms with Crippen LogP contribution < -0.4 is 11.1 Å². The predicted octanol–water partition coefficient (Wildman–Crippen LogP) is 2.34. The second-order valence-corrected chi connectivity index (χ2v) is 5.05. The highest BCUT2D eigenvalue weighted by Gasteiger charge is 2.06. The molecular weight excluding hydrogens is 264 g/mol. The van der Waals surface area contributed by atoms with E-state index < -0.39 is 0 Å². The minimum atomic E-state index is 0.0171. The number of rotatable bonds is 5. The second kappa shape index (κ2) is 6.85. The van der Waals surface area contributed by atoms with Crippen molar-refractivity contribution < 1.29 is 5.21 Å². The highest BCUT2D eigenvalue weighted by molar-refractivity contribution is 5.95. The Morgan fingerprint density at radius 2 is 2.05 bits per heavy atom. The summed E-state index contributed by atoms with van der Waals surface area (Å²) in [4.78, 5) is 4.06. The Labute approximate surface area is 124 Å². The van der Waals surface area contributed by atoms with E-state index in [0.29, 0.717) is 12.2 Å². The van der Waals surface area contributed by atoms with E-state index in [-0.39, 0.29) is 11.9 Å². The summed E-state index contributed by atoms with van der Waals surface area (Å²) in [7, 11) is 0. The van der Waals surface area contributed by atoms with Gasteiger partial charge in [0.05, 0.1) is 0 Å². The molecule has 5 heteroatoms. The van der Waals surface area contributed by atoms with Crippen LogP contribution in [0.5, 0.6) is 0 Å². The summed E-state index contributed by atoms with van der Waals surface area (Å²) >= 11 is 0. The van der Waals surface area contributed by atoms with Gasteiger partial charge in [0, 0.05) is 18.8 Å². The lowest BCUT2D eigenvalue weighted by Gasteiger charge is -2.15. The summed E-state index contributed by atoms with van der Waals surface area (Å²) in [5.41, 5.74) is 9.54. The quantitative estimate of drug-likeness (QED) is 0.340. The first-order valence-corrected chi connectivity index (χ1v) is 6.83. The standard InChI is InChI=1S/C16H20N4O/c1-11-3-5-14(6-4-11)12(2)19-10-13-7-8-18-15(9-13)16(17)20-21/h3-9,12,19,21H,10H2,1-2H3,(H2,17,20). The molecule has 1 atom stereocenters. The number of oxime groups is 1. The smallest absolute Gasteiger partial charge is 0.188 e. The van der Waals surface area contributed by atoms with Gasteiger partial charge < -0.3 is 16.3 Å². The Morgan fingerprint density at radius 3 is 2.71 bits per heavy atom. The number of hydrogen-bond acceptors (Lipinski definition) is 4. The lowest BCUT2D eigenvalue weighted by Crippen LogP contribution is -2.19. The van der Waals surface area contributed by atoms with Gasteiger partial charge in [-0.05, 0) is 37.1 Å². The summed E-state index contributed by atoms with van der Waals surface area (Å²) in [6.45, 7) is 4.88. The lowest BCUT2D eigenvalue weighted by molar-refractivity contribution is 0.318. The van der Waals surface area contributed by atoms with E-state index >= 15 is 0 Å². The van der Waals surface area contributed by atoms with Crippen molar-refractivity contribution in [3.63, 3.8) is 0 Å². The maximum absolute atomic E-state index is 8.68. The van der Waals surface area contributed by atoms with Gasteiger partial charge in [-0.1, -0.05) is 35.0 Å². The number of amidine groups is 1. The molecule has 1 heterocycles. The molecule has 0 aliphatic heterocycles. The van der Waals surface area contributed by atoms with Crippen molar-refractivity contribution >= 4 is 5.84 Å². The average Bonchev–Trinajstić information content (AvgIpc) is 2.52. The lowest BCUT2D eigenvalue weighted by atomic mass is 10.1. The molecule has 4 N–H and O–H groups in total. The summed E-state index contributed by atoms with van der Waals surface area (Å²) in [6.07, 6.45) is 1.65. The fraction of sp³-hybridized carbons (Fsp3) is 0.250. The van der Waals surface area contributed by atoms with Gasteiger partial charge in [0.1, 0.15) is 5.69 Å². The number of hydrogen-bond donors (Lipinski definition) is 3. The van der Waals surface area contributed by atoms with Crippen molar-refractivity contribution in [3.8, 4) is 0 Å². The van der Waals surface area contributed by atoms with Crippen molar-refractivity contribution in [2.75, 3.05) is 0 Å². The van der Waals surface area contributed by atoms with Crippen LogP contribution in [-0.2, 0) is 6.54 Å². The molecule has 5 nitrogen and oxygen atoms in total. The Kier molecular flexibility index (Phi) is 4.90. The molecule has 1 unspecified atom stereocenters. The van der Waals surface area contributed by atoms with Crippen LogP contribution in [0.2, 0.25) is 0 Å². The number of nitrogens with zero attached hydrogens (tertiary/aromatic N) is 2. The van der Waals surface area contributed by atoms with E-state index in [2.05, 4.69) is 53.6 Å². The molecule has 0 aliphatic carbocycles. The van der Waals surface area contributed by atoms with E-state index in [1.807, 2.05) is 12.1 Å². The molecule has 0 bridgehead atoms. The van der Waals surface area contributed by atoms with E-state index in [1.54, 1.807) is 6.20 Å². The molecule has 0 saturated carbocycles. The van der Waals surface area contributed by atoms with Crippen molar-refractivity contribution in [1.82, 2.24) is 10.3 Å². The van der Waals surface area contributed by atoms with Crippen LogP contribution in [0.3, 0.4) is 0 Å². The highest BCUT2D eigenvalue weighted by atomic mass is 16.4. The molecule has 0 saturated heterocycles. The van der Waals surface area contributed by atoms with E-state index in [1.165, 1.54) is 11.1 Å². The number of pyridine rings is 1. The minimum Gasteiger partial charge on any atom is -0.409 e. The molecule has 21 heavy (non-hydrogen) atoms. The molecule has 0 fully saturated rings. The second-order valence-electron chi connectivity index (χ2n) is 5.05. The van der Waals surface area contributed by atoms with Crippen LogP contribution in [-0.4, -0.2) is 16.0 Å². The summed E-state index contributed by atoms with van der Waals surface area (Å²) in [6, 6.07) is 12.4. The topological polar surface area (TPSA) is 83.5 Å². The number of benzene rings is 1. The summed E-state index contributed by atoms with van der Waals surface area (Å²) < 4.78 is 0. The number of nitrogens with one attached hydrogen (secondary N) is 1. The first-order chi connectivity index (χ1) is 10.1. The molecule has 0 radical (unpaired) electrons. The number of nitrogens with two attached hydrogens (primary N) is 1. The molecule has 0 spiro atoms.